The summed E-state index contributed by atoms with van der Waals surface area (Å²) in [5.41, 5.74) is 6.02. The van der Waals surface area contributed by atoms with Crippen molar-refractivity contribution >= 4 is 17.6 Å². The third kappa shape index (κ3) is 4.44. The molecule has 1 aromatic rings. The smallest absolute Gasteiger partial charge is 0.328 e. The van der Waals surface area contributed by atoms with Gasteiger partial charge in [-0.25, -0.2) is 9.18 Å². The van der Waals surface area contributed by atoms with Crippen LogP contribution in [0.1, 0.15) is 36.2 Å². The molecule has 116 valence electrons. The molecule has 0 aliphatic rings. The highest BCUT2D eigenvalue weighted by molar-refractivity contribution is 5.97. The van der Waals surface area contributed by atoms with Crippen LogP contribution in [0.25, 0.3) is 0 Å². The maximum Gasteiger partial charge on any atom is 0.328 e. The van der Waals surface area contributed by atoms with Crippen molar-refractivity contribution in [3.8, 4) is 0 Å². The van der Waals surface area contributed by atoms with Crippen LogP contribution in [0.4, 0.5) is 10.1 Å². The van der Waals surface area contributed by atoms with E-state index in [1.54, 1.807) is 0 Å². The minimum Gasteiger partial charge on any atom is -0.467 e. The van der Waals surface area contributed by atoms with E-state index in [0.717, 1.165) is 0 Å². The Morgan fingerprint density at radius 1 is 1.38 bits per heavy atom. The number of carbonyl (C=O) groups excluding carboxylic acids is 2. The summed E-state index contributed by atoms with van der Waals surface area (Å²) in [5, 5.41) is 2.50. The number of nitrogens with two attached hydrogens (primary N) is 1. The molecule has 6 heteroatoms. The topological polar surface area (TPSA) is 81.4 Å². The number of hydrogen-bond donors (Lipinski definition) is 2. The average molecular weight is 296 g/mol. The van der Waals surface area contributed by atoms with Crippen molar-refractivity contribution in [3.63, 3.8) is 0 Å². The minimum atomic E-state index is -0.816. The number of rotatable bonds is 5. The number of carbonyl (C=O) groups is 2. The summed E-state index contributed by atoms with van der Waals surface area (Å²) >= 11 is 0. The van der Waals surface area contributed by atoms with Crippen LogP contribution in [-0.2, 0) is 9.53 Å². The molecule has 0 radical (unpaired) electrons. The lowest BCUT2D eigenvalue weighted by Gasteiger charge is -2.18. The monoisotopic (exact) mass is 296 g/mol. The molecular weight excluding hydrogens is 275 g/mol. The molecule has 3 N–H and O–H groups in total. The van der Waals surface area contributed by atoms with Crippen LogP contribution < -0.4 is 11.1 Å². The van der Waals surface area contributed by atoms with Gasteiger partial charge in [-0.15, -0.1) is 0 Å². The molecule has 1 atom stereocenters. The number of benzene rings is 1. The summed E-state index contributed by atoms with van der Waals surface area (Å²) in [6.45, 7) is 5.34. The fourth-order valence-electron chi connectivity index (χ4n) is 2.03. The molecule has 0 spiro atoms. The number of nitrogens with one attached hydrogen (secondary N) is 1. The predicted molar refractivity (Wildman–Crippen MR) is 78.3 cm³/mol. The highest BCUT2D eigenvalue weighted by atomic mass is 19.1. The van der Waals surface area contributed by atoms with Gasteiger partial charge in [-0.3, -0.25) is 4.79 Å². The number of hydrogen-bond acceptors (Lipinski definition) is 4. The van der Waals surface area contributed by atoms with Crippen LogP contribution in [-0.4, -0.2) is 25.0 Å². The standard InChI is InChI=1S/C15H21FN2O3/c1-8(2)5-12(15(20)21-4)18-14(19)11-7-10(17)6-9(3)13(11)16/h6-8,12H,5,17H2,1-4H3,(H,18,19). The molecule has 0 saturated heterocycles. The van der Waals surface area contributed by atoms with E-state index in [2.05, 4.69) is 10.1 Å². The minimum absolute atomic E-state index is 0.168. The second-order valence-electron chi connectivity index (χ2n) is 5.38. The lowest BCUT2D eigenvalue weighted by Crippen LogP contribution is -2.42. The highest BCUT2D eigenvalue weighted by Crippen LogP contribution is 2.17. The molecule has 0 aromatic heterocycles. The van der Waals surface area contributed by atoms with Gasteiger partial charge in [0.2, 0.25) is 0 Å². The van der Waals surface area contributed by atoms with Crippen molar-refractivity contribution in [1.82, 2.24) is 5.32 Å². The van der Waals surface area contributed by atoms with Gasteiger partial charge in [0.1, 0.15) is 11.9 Å². The van der Waals surface area contributed by atoms with Crippen molar-refractivity contribution < 1.29 is 18.7 Å². The summed E-state index contributed by atoms with van der Waals surface area (Å²) in [4.78, 5) is 23.8. The first kappa shape index (κ1) is 16.9. The van der Waals surface area contributed by atoms with Crippen LogP contribution in [0.15, 0.2) is 12.1 Å². The summed E-state index contributed by atoms with van der Waals surface area (Å²) < 4.78 is 18.7. The van der Waals surface area contributed by atoms with Crippen LogP contribution in [0, 0.1) is 18.7 Å². The van der Waals surface area contributed by atoms with Crippen LogP contribution in [0.2, 0.25) is 0 Å². The number of esters is 1. The number of methoxy groups -OCH3 is 1. The van der Waals surface area contributed by atoms with E-state index in [1.165, 1.54) is 26.2 Å². The molecule has 1 aromatic carbocycles. The van der Waals surface area contributed by atoms with Gasteiger partial charge in [-0.05, 0) is 37.0 Å². The molecule has 21 heavy (non-hydrogen) atoms. The Bertz CT molecular complexity index is 544. The maximum atomic E-state index is 14.0. The Morgan fingerprint density at radius 2 is 2.00 bits per heavy atom. The number of amides is 1. The predicted octanol–water partition coefficient (Wildman–Crippen LogP) is 2.03. The van der Waals surface area contributed by atoms with Crippen LogP contribution >= 0.6 is 0 Å². The molecule has 0 heterocycles. The van der Waals surface area contributed by atoms with E-state index in [9.17, 15) is 14.0 Å². The maximum absolute atomic E-state index is 14.0. The lowest BCUT2D eigenvalue weighted by molar-refractivity contribution is -0.143. The quantitative estimate of drug-likeness (QED) is 0.643. The van der Waals surface area contributed by atoms with Crippen LogP contribution in [0.5, 0.6) is 0 Å². The summed E-state index contributed by atoms with van der Waals surface area (Å²) in [5.74, 6) is -1.71. The van der Waals surface area contributed by atoms with E-state index in [1.807, 2.05) is 13.8 Å². The Morgan fingerprint density at radius 3 is 2.52 bits per heavy atom. The first-order chi connectivity index (χ1) is 9.76. The Hall–Kier alpha value is -2.11. The Kier molecular flexibility index (Phi) is 5.69. The molecule has 0 fully saturated rings. The molecular formula is C15H21FN2O3. The van der Waals surface area contributed by atoms with E-state index < -0.39 is 23.7 Å². The molecule has 1 unspecified atom stereocenters. The lowest BCUT2D eigenvalue weighted by atomic mass is 10.0. The zero-order chi connectivity index (χ0) is 16.2. The van der Waals surface area contributed by atoms with Gasteiger partial charge >= 0.3 is 5.97 Å². The number of halogens is 1. The third-order valence-corrected chi connectivity index (χ3v) is 3.02. The number of anilines is 1. The van der Waals surface area contributed by atoms with Crippen molar-refractivity contribution in [2.75, 3.05) is 12.8 Å². The summed E-state index contributed by atoms with van der Waals surface area (Å²) in [6.07, 6.45) is 0.404. The van der Waals surface area contributed by atoms with Crippen molar-refractivity contribution in [1.29, 1.82) is 0 Å². The molecule has 1 amide bonds. The highest BCUT2D eigenvalue weighted by Gasteiger charge is 2.25. The normalized spacial score (nSPS) is 12.1. The molecule has 1 rings (SSSR count). The summed E-state index contributed by atoms with van der Waals surface area (Å²) in [6, 6.07) is 1.88. The zero-order valence-corrected chi connectivity index (χ0v) is 12.7. The van der Waals surface area contributed by atoms with Crippen LogP contribution in [0.3, 0.4) is 0 Å². The number of aryl methyl sites for hydroxylation is 1. The van der Waals surface area contributed by atoms with Crippen molar-refractivity contribution in [2.24, 2.45) is 5.92 Å². The second-order valence-corrected chi connectivity index (χ2v) is 5.38. The van der Waals surface area contributed by atoms with Gasteiger partial charge in [0.05, 0.1) is 12.7 Å². The van der Waals surface area contributed by atoms with Gasteiger partial charge in [0.25, 0.3) is 5.91 Å². The third-order valence-electron chi connectivity index (χ3n) is 3.02. The van der Waals surface area contributed by atoms with E-state index in [0.29, 0.717) is 6.42 Å². The Labute approximate surface area is 123 Å². The first-order valence-electron chi connectivity index (χ1n) is 6.70. The van der Waals surface area contributed by atoms with Gasteiger partial charge in [0, 0.05) is 5.69 Å². The first-order valence-corrected chi connectivity index (χ1v) is 6.70. The van der Waals surface area contributed by atoms with Gasteiger partial charge in [-0.1, -0.05) is 13.8 Å². The largest absolute Gasteiger partial charge is 0.467 e. The van der Waals surface area contributed by atoms with Gasteiger partial charge < -0.3 is 15.8 Å². The Balaban J connectivity index is 2.99. The van der Waals surface area contributed by atoms with Gasteiger partial charge in [0.15, 0.2) is 0 Å². The fourth-order valence-corrected chi connectivity index (χ4v) is 2.03. The van der Waals surface area contributed by atoms with Gasteiger partial charge in [-0.2, -0.15) is 0 Å². The molecule has 0 aliphatic carbocycles. The fraction of sp³-hybridized carbons (Fsp3) is 0.467. The average Bonchev–Trinajstić information content (AvgIpc) is 2.40. The molecule has 0 bridgehead atoms. The molecule has 0 saturated carbocycles. The number of nitrogen functional groups attached to an aromatic ring is 1. The molecule has 0 aliphatic heterocycles. The van der Waals surface area contributed by atoms with Crippen molar-refractivity contribution in [2.45, 2.75) is 33.2 Å². The van der Waals surface area contributed by atoms with E-state index in [4.69, 9.17) is 5.73 Å². The SMILES string of the molecule is COC(=O)C(CC(C)C)NC(=O)c1cc(N)cc(C)c1F. The zero-order valence-electron chi connectivity index (χ0n) is 12.7. The van der Waals surface area contributed by atoms with Crippen molar-refractivity contribution in [3.05, 3.63) is 29.1 Å². The molecule has 5 nitrogen and oxygen atoms in total. The van der Waals surface area contributed by atoms with E-state index >= 15 is 0 Å². The van der Waals surface area contributed by atoms with E-state index in [-0.39, 0.29) is 22.7 Å². The second kappa shape index (κ2) is 7.06. The summed E-state index contributed by atoms with van der Waals surface area (Å²) in [7, 11) is 1.24. The number of ether oxygens (including phenoxy) is 1.